The van der Waals surface area contributed by atoms with Crippen molar-refractivity contribution in [2.24, 2.45) is 0 Å². The number of rotatable bonds is 3. The lowest BCUT2D eigenvalue weighted by Crippen LogP contribution is -2.03. The van der Waals surface area contributed by atoms with E-state index in [2.05, 4.69) is 31.9 Å². The van der Waals surface area contributed by atoms with Gasteiger partial charge in [0.25, 0.3) is 0 Å². The monoisotopic (exact) mass is 392 g/mol. The Morgan fingerprint density at radius 3 is 2.21 bits per heavy atom. The van der Waals surface area contributed by atoms with Gasteiger partial charge in [-0.2, -0.15) is 0 Å². The minimum Gasteiger partial charge on any atom is -0.207 e. The fourth-order valence-corrected chi connectivity index (χ4v) is 2.82. The second-order valence-corrected chi connectivity index (χ2v) is 6.06. The quantitative estimate of drug-likeness (QED) is 0.600. The number of halogens is 5. The first-order chi connectivity index (χ1) is 8.99. The summed E-state index contributed by atoms with van der Waals surface area (Å²) < 4.78 is 41.5. The molecule has 0 heterocycles. The van der Waals surface area contributed by atoms with E-state index < -0.39 is 22.3 Å². The zero-order valence-electron chi connectivity index (χ0n) is 9.64. The Morgan fingerprint density at radius 1 is 0.947 bits per heavy atom. The second-order valence-electron chi connectivity index (χ2n) is 4.04. The number of hydrogen-bond donors (Lipinski definition) is 0. The molecule has 1 atom stereocenters. The average molecular weight is 394 g/mol. The van der Waals surface area contributed by atoms with Gasteiger partial charge in [0, 0.05) is 20.4 Å². The lowest BCUT2D eigenvalue weighted by Gasteiger charge is -2.13. The minimum atomic E-state index is -0.625. The summed E-state index contributed by atoms with van der Waals surface area (Å²) >= 11 is 6.53. The van der Waals surface area contributed by atoms with Crippen LogP contribution in [0.15, 0.2) is 40.9 Å². The fraction of sp³-hybridized carbons (Fsp3) is 0.143. The molecule has 5 heteroatoms. The SMILES string of the molecule is Fc1ccc(Br)cc1C(Br)Cc1c(F)cccc1F. The van der Waals surface area contributed by atoms with Gasteiger partial charge in [0.15, 0.2) is 0 Å². The van der Waals surface area contributed by atoms with Gasteiger partial charge in [-0.1, -0.05) is 37.9 Å². The minimum absolute atomic E-state index is 0.0336. The van der Waals surface area contributed by atoms with Gasteiger partial charge in [-0.25, -0.2) is 13.2 Å². The highest BCUT2D eigenvalue weighted by molar-refractivity contribution is 9.10. The van der Waals surface area contributed by atoms with Crippen LogP contribution in [0.1, 0.15) is 16.0 Å². The third-order valence-electron chi connectivity index (χ3n) is 2.74. The zero-order chi connectivity index (χ0) is 14.0. The highest BCUT2D eigenvalue weighted by Gasteiger charge is 2.18. The normalized spacial score (nSPS) is 12.5. The van der Waals surface area contributed by atoms with Crippen molar-refractivity contribution < 1.29 is 13.2 Å². The summed E-state index contributed by atoms with van der Waals surface area (Å²) in [6.07, 6.45) is 0.0336. The van der Waals surface area contributed by atoms with Crippen molar-refractivity contribution in [1.29, 1.82) is 0 Å². The van der Waals surface area contributed by atoms with E-state index in [4.69, 9.17) is 0 Å². The standard InChI is InChI=1S/C14H9Br2F3/c15-8-4-5-14(19)9(6-8)11(16)7-10-12(17)2-1-3-13(10)18/h1-6,11H,7H2. The summed E-state index contributed by atoms with van der Waals surface area (Å²) in [7, 11) is 0. The van der Waals surface area contributed by atoms with Crippen molar-refractivity contribution >= 4 is 31.9 Å². The molecule has 0 bridgehead atoms. The summed E-state index contributed by atoms with van der Waals surface area (Å²) in [6.45, 7) is 0. The van der Waals surface area contributed by atoms with Gasteiger partial charge in [0.2, 0.25) is 0 Å². The van der Waals surface area contributed by atoms with Crippen LogP contribution in [0.3, 0.4) is 0 Å². The van der Waals surface area contributed by atoms with Crippen LogP contribution in [0.5, 0.6) is 0 Å². The van der Waals surface area contributed by atoms with Crippen molar-refractivity contribution in [3.8, 4) is 0 Å². The van der Waals surface area contributed by atoms with E-state index in [-0.39, 0.29) is 12.0 Å². The maximum absolute atomic E-state index is 13.7. The van der Waals surface area contributed by atoms with Gasteiger partial charge in [-0.3, -0.25) is 0 Å². The smallest absolute Gasteiger partial charge is 0.129 e. The molecule has 0 nitrogen and oxygen atoms in total. The molecule has 0 saturated heterocycles. The largest absolute Gasteiger partial charge is 0.207 e. The molecule has 2 aromatic rings. The molecule has 1 unspecified atom stereocenters. The van der Waals surface area contributed by atoms with E-state index >= 15 is 0 Å². The van der Waals surface area contributed by atoms with Crippen LogP contribution < -0.4 is 0 Å². The predicted octanol–water partition coefficient (Wildman–Crippen LogP) is 5.55. The third kappa shape index (κ3) is 3.39. The van der Waals surface area contributed by atoms with Gasteiger partial charge < -0.3 is 0 Å². The molecule has 0 aliphatic heterocycles. The van der Waals surface area contributed by atoms with E-state index in [1.807, 2.05) is 0 Å². The Bertz CT molecular complexity index is 579. The Morgan fingerprint density at radius 2 is 1.58 bits per heavy atom. The van der Waals surface area contributed by atoms with E-state index in [1.165, 1.54) is 24.3 Å². The summed E-state index contributed by atoms with van der Waals surface area (Å²) in [5.74, 6) is -1.67. The van der Waals surface area contributed by atoms with Crippen molar-refractivity contribution in [2.45, 2.75) is 11.2 Å². The van der Waals surface area contributed by atoms with Crippen molar-refractivity contribution in [3.05, 3.63) is 69.4 Å². The van der Waals surface area contributed by atoms with Crippen LogP contribution >= 0.6 is 31.9 Å². The topological polar surface area (TPSA) is 0 Å². The molecule has 0 aromatic heterocycles. The van der Waals surface area contributed by atoms with Crippen LogP contribution in [0.25, 0.3) is 0 Å². The lowest BCUT2D eigenvalue weighted by atomic mass is 10.0. The van der Waals surface area contributed by atoms with Crippen LogP contribution in [0, 0.1) is 17.5 Å². The third-order valence-corrected chi connectivity index (χ3v) is 4.05. The van der Waals surface area contributed by atoms with Gasteiger partial charge in [-0.05, 0) is 36.8 Å². The zero-order valence-corrected chi connectivity index (χ0v) is 12.8. The van der Waals surface area contributed by atoms with E-state index in [0.717, 1.165) is 0 Å². The second kappa shape index (κ2) is 6.09. The Hall–Kier alpha value is -0.810. The molecule has 2 aromatic carbocycles. The first kappa shape index (κ1) is 14.6. The van der Waals surface area contributed by atoms with Gasteiger partial charge >= 0.3 is 0 Å². The molecule has 100 valence electrons. The summed E-state index contributed by atoms with van der Waals surface area (Å²) in [5, 5.41) is 0. The molecule has 0 aliphatic carbocycles. The van der Waals surface area contributed by atoms with E-state index in [9.17, 15) is 13.2 Å². The lowest BCUT2D eigenvalue weighted by molar-refractivity contribution is 0.550. The van der Waals surface area contributed by atoms with Crippen LogP contribution in [-0.2, 0) is 6.42 Å². The van der Waals surface area contributed by atoms with Crippen LogP contribution in [0.4, 0.5) is 13.2 Å². The van der Waals surface area contributed by atoms with Gasteiger partial charge in [0.1, 0.15) is 17.5 Å². The summed E-state index contributed by atoms with van der Waals surface area (Å²) in [5.41, 5.74) is 0.306. The van der Waals surface area contributed by atoms with Crippen molar-refractivity contribution in [3.63, 3.8) is 0 Å². The molecule has 2 rings (SSSR count). The summed E-state index contributed by atoms with van der Waals surface area (Å²) in [4.78, 5) is -0.503. The summed E-state index contributed by atoms with van der Waals surface area (Å²) in [6, 6.07) is 8.16. The number of hydrogen-bond acceptors (Lipinski definition) is 0. The highest BCUT2D eigenvalue weighted by atomic mass is 79.9. The van der Waals surface area contributed by atoms with Crippen LogP contribution in [0.2, 0.25) is 0 Å². The van der Waals surface area contributed by atoms with Gasteiger partial charge in [0.05, 0.1) is 0 Å². The molecular weight excluding hydrogens is 385 g/mol. The molecule has 0 radical (unpaired) electrons. The molecule has 0 amide bonds. The maximum atomic E-state index is 13.7. The predicted molar refractivity (Wildman–Crippen MR) is 75.8 cm³/mol. The Kier molecular flexibility index (Phi) is 4.68. The first-order valence-corrected chi connectivity index (χ1v) is 7.22. The van der Waals surface area contributed by atoms with Crippen LogP contribution in [-0.4, -0.2) is 0 Å². The first-order valence-electron chi connectivity index (χ1n) is 5.51. The maximum Gasteiger partial charge on any atom is 0.129 e. The molecular formula is C14H9Br2F3. The van der Waals surface area contributed by atoms with E-state index in [0.29, 0.717) is 10.0 Å². The van der Waals surface area contributed by atoms with Crippen molar-refractivity contribution in [1.82, 2.24) is 0 Å². The number of benzene rings is 2. The van der Waals surface area contributed by atoms with E-state index in [1.54, 1.807) is 12.1 Å². The molecule has 0 spiro atoms. The van der Waals surface area contributed by atoms with Crippen molar-refractivity contribution in [2.75, 3.05) is 0 Å². The molecule has 0 aliphatic rings. The number of alkyl halides is 1. The Labute approximate surface area is 125 Å². The molecule has 0 saturated carbocycles. The fourth-order valence-electron chi connectivity index (χ4n) is 1.77. The highest BCUT2D eigenvalue weighted by Crippen LogP contribution is 2.32. The Balaban J connectivity index is 2.31. The molecule has 0 fully saturated rings. The molecule has 19 heavy (non-hydrogen) atoms. The van der Waals surface area contributed by atoms with Gasteiger partial charge in [-0.15, -0.1) is 0 Å². The average Bonchev–Trinajstić information content (AvgIpc) is 2.37. The molecule has 0 N–H and O–H groups in total.